The molecule has 0 spiro atoms. The number of anilines is 1. The summed E-state index contributed by atoms with van der Waals surface area (Å²) < 4.78 is 4.86. The Morgan fingerprint density at radius 3 is 2.63 bits per heavy atom. The summed E-state index contributed by atoms with van der Waals surface area (Å²) in [6.45, 7) is 6.37. The van der Waals surface area contributed by atoms with Gasteiger partial charge in [-0.2, -0.15) is 0 Å². The average molecular weight is 263 g/mol. The van der Waals surface area contributed by atoms with Crippen molar-refractivity contribution in [2.45, 2.75) is 52.5 Å². The van der Waals surface area contributed by atoms with E-state index in [0.717, 1.165) is 31.4 Å². The van der Waals surface area contributed by atoms with E-state index in [1.54, 1.807) is 0 Å². The van der Waals surface area contributed by atoms with Crippen molar-refractivity contribution < 1.29 is 9.53 Å². The smallest absolute Gasteiger partial charge is 0.328 e. The number of carbonyl (C=O) groups excluding carboxylic acids is 1. The highest BCUT2D eigenvalue weighted by Gasteiger charge is 2.18. The zero-order valence-electron chi connectivity index (χ0n) is 12.5. The Labute approximate surface area is 116 Å². The van der Waals surface area contributed by atoms with Crippen LogP contribution < -0.4 is 5.32 Å². The minimum absolute atomic E-state index is 0.189. The topological polar surface area (TPSA) is 38.3 Å². The molecule has 0 aliphatic rings. The van der Waals surface area contributed by atoms with Gasteiger partial charge in [0.15, 0.2) is 0 Å². The van der Waals surface area contributed by atoms with E-state index in [-0.39, 0.29) is 12.0 Å². The summed E-state index contributed by atoms with van der Waals surface area (Å²) in [6, 6.07) is 6.00. The minimum Gasteiger partial charge on any atom is -0.467 e. The standard InChI is InChI=1S/C16H25NO2/c1-5-7-8-15(16(18)19-4)17-14-10-9-13(6-2)12(3)11-14/h9-11,15,17H,5-8H2,1-4H3. The molecule has 0 saturated heterocycles. The third kappa shape index (κ3) is 4.58. The Morgan fingerprint density at radius 2 is 2.11 bits per heavy atom. The van der Waals surface area contributed by atoms with Crippen molar-refractivity contribution in [2.24, 2.45) is 0 Å². The number of unbranched alkanes of at least 4 members (excludes halogenated alkanes) is 1. The second-order valence-corrected chi connectivity index (χ2v) is 4.86. The lowest BCUT2D eigenvalue weighted by Crippen LogP contribution is -2.30. The highest BCUT2D eigenvalue weighted by Crippen LogP contribution is 2.18. The van der Waals surface area contributed by atoms with Crippen molar-refractivity contribution in [3.63, 3.8) is 0 Å². The zero-order valence-corrected chi connectivity index (χ0v) is 12.5. The fraction of sp³-hybridized carbons (Fsp3) is 0.562. The van der Waals surface area contributed by atoms with Crippen LogP contribution in [0.2, 0.25) is 0 Å². The second-order valence-electron chi connectivity index (χ2n) is 4.86. The number of esters is 1. The summed E-state index contributed by atoms with van der Waals surface area (Å²) in [5.74, 6) is -0.189. The molecule has 0 aliphatic carbocycles. The lowest BCUT2D eigenvalue weighted by molar-refractivity contribution is -0.141. The van der Waals surface area contributed by atoms with Gasteiger partial charge in [-0.1, -0.05) is 32.8 Å². The number of benzene rings is 1. The van der Waals surface area contributed by atoms with E-state index in [9.17, 15) is 4.79 Å². The molecule has 0 saturated carbocycles. The second kappa shape index (κ2) is 7.82. The molecule has 106 valence electrons. The maximum absolute atomic E-state index is 11.7. The van der Waals surface area contributed by atoms with Gasteiger partial charge >= 0.3 is 5.97 Å². The van der Waals surface area contributed by atoms with Crippen LogP contribution in [0, 0.1) is 6.92 Å². The predicted octanol–water partition coefficient (Wildman–Crippen LogP) is 3.70. The van der Waals surface area contributed by atoms with E-state index >= 15 is 0 Å². The number of methoxy groups -OCH3 is 1. The van der Waals surface area contributed by atoms with E-state index in [0.29, 0.717) is 0 Å². The molecule has 0 aliphatic heterocycles. The summed E-state index contributed by atoms with van der Waals surface area (Å²) in [7, 11) is 1.44. The molecule has 3 heteroatoms. The first-order chi connectivity index (χ1) is 9.12. The molecule has 1 unspecified atom stereocenters. The summed E-state index contributed by atoms with van der Waals surface area (Å²) in [6.07, 6.45) is 3.92. The molecular formula is C16H25NO2. The summed E-state index contributed by atoms with van der Waals surface area (Å²) in [4.78, 5) is 11.7. The highest BCUT2D eigenvalue weighted by molar-refractivity contribution is 5.79. The molecule has 1 rings (SSSR count). The van der Waals surface area contributed by atoms with Gasteiger partial charge in [0.05, 0.1) is 7.11 Å². The van der Waals surface area contributed by atoms with Gasteiger partial charge in [0, 0.05) is 5.69 Å². The van der Waals surface area contributed by atoms with Crippen molar-refractivity contribution in [1.29, 1.82) is 0 Å². The van der Waals surface area contributed by atoms with Crippen LogP contribution in [0.25, 0.3) is 0 Å². The maximum Gasteiger partial charge on any atom is 0.328 e. The van der Waals surface area contributed by atoms with Crippen LogP contribution in [0.5, 0.6) is 0 Å². The Hall–Kier alpha value is -1.51. The number of nitrogens with one attached hydrogen (secondary N) is 1. The van der Waals surface area contributed by atoms with Crippen LogP contribution in [0.3, 0.4) is 0 Å². The van der Waals surface area contributed by atoms with Gasteiger partial charge in [-0.05, 0) is 43.0 Å². The van der Waals surface area contributed by atoms with Crippen LogP contribution in [0.15, 0.2) is 18.2 Å². The Balaban J connectivity index is 2.77. The fourth-order valence-electron chi connectivity index (χ4n) is 2.18. The summed E-state index contributed by atoms with van der Waals surface area (Å²) >= 11 is 0. The van der Waals surface area contributed by atoms with Crippen LogP contribution in [0.4, 0.5) is 5.69 Å². The van der Waals surface area contributed by atoms with E-state index in [1.807, 2.05) is 6.07 Å². The maximum atomic E-state index is 11.7. The molecule has 1 atom stereocenters. The number of rotatable bonds is 7. The molecule has 1 aromatic rings. The summed E-state index contributed by atoms with van der Waals surface area (Å²) in [5.41, 5.74) is 3.58. The van der Waals surface area contributed by atoms with Crippen LogP contribution in [0.1, 0.15) is 44.2 Å². The highest BCUT2D eigenvalue weighted by atomic mass is 16.5. The number of hydrogen-bond donors (Lipinski definition) is 1. The monoisotopic (exact) mass is 263 g/mol. The molecule has 3 nitrogen and oxygen atoms in total. The molecule has 1 N–H and O–H groups in total. The number of aryl methyl sites for hydroxylation is 2. The van der Waals surface area contributed by atoms with Gasteiger partial charge in [0.1, 0.15) is 6.04 Å². The lowest BCUT2D eigenvalue weighted by atomic mass is 10.0. The Morgan fingerprint density at radius 1 is 1.37 bits per heavy atom. The third-order valence-electron chi connectivity index (χ3n) is 3.40. The van der Waals surface area contributed by atoms with Crippen LogP contribution in [-0.4, -0.2) is 19.1 Å². The van der Waals surface area contributed by atoms with Crippen molar-refractivity contribution in [3.05, 3.63) is 29.3 Å². The fourth-order valence-corrected chi connectivity index (χ4v) is 2.18. The first-order valence-corrected chi connectivity index (χ1v) is 7.06. The van der Waals surface area contributed by atoms with Crippen LogP contribution in [-0.2, 0) is 16.0 Å². The third-order valence-corrected chi connectivity index (χ3v) is 3.40. The molecule has 0 radical (unpaired) electrons. The molecule has 0 bridgehead atoms. The minimum atomic E-state index is -0.253. The normalized spacial score (nSPS) is 12.0. The van der Waals surface area contributed by atoms with E-state index < -0.39 is 0 Å². The van der Waals surface area contributed by atoms with Crippen LogP contribution >= 0.6 is 0 Å². The molecule has 0 amide bonds. The molecule has 0 fully saturated rings. The van der Waals surface area contributed by atoms with Crippen molar-refractivity contribution in [1.82, 2.24) is 0 Å². The van der Waals surface area contributed by atoms with Crippen molar-refractivity contribution in [2.75, 3.05) is 12.4 Å². The van der Waals surface area contributed by atoms with Gasteiger partial charge in [-0.25, -0.2) is 4.79 Å². The van der Waals surface area contributed by atoms with Gasteiger partial charge in [-0.15, -0.1) is 0 Å². The predicted molar refractivity (Wildman–Crippen MR) is 79.5 cm³/mol. The zero-order chi connectivity index (χ0) is 14.3. The first-order valence-electron chi connectivity index (χ1n) is 7.06. The number of hydrogen-bond acceptors (Lipinski definition) is 3. The van der Waals surface area contributed by atoms with Gasteiger partial charge in [0.25, 0.3) is 0 Å². The number of ether oxygens (including phenoxy) is 1. The van der Waals surface area contributed by atoms with E-state index in [2.05, 4.69) is 38.2 Å². The Kier molecular flexibility index (Phi) is 6.40. The van der Waals surface area contributed by atoms with Gasteiger partial charge in [0.2, 0.25) is 0 Å². The molecule has 19 heavy (non-hydrogen) atoms. The molecule has 0 aromatic heterocycles. The lowest BCUT2D eigenvalue weighted by Gasteiger charge is -2.18. The molecular weight excluding hydrogens is 238 g/mol. The Bertz CT molecular complexity index is 415. The van der Waals surface area contributed by atoms with E-state index in [4.69, 9.17) is 4.74 Å². The number of carbonyl (C=O) groups is 1. The van der Waals surface area contributed by atoms with Gasteiger partial charge in [-0.3, -0.25) is 0 Å². The quantitative estimate of drug-likeness (QED) is 0.762. The van der Waals surface area contributed by atoms with E-state index in [1.165, 1.54) is 18.2 Å². The first kappa shape index (κ1) is 15.5. The van der Waals surface area contributed by atoms with Gasteiger partial charge < -0.3 is 10.1 Å². The SMILES string of the molecule is CCCCC(Nc1ccc(CC)c(C)c1)C(=O)OC. The van der Waals surface area contributed by atoms with Crippen molar-refractivity contribution >= 4 is 11.7 Å². The average Bonchev–Trinajstić information content (AvgIpc) is 2.42. The van der Waals surface area contributed by atoms with Crippen molar-refractivity contribution in [3.8, 4) is 0 Å². The molecule has 0 heterocycles. The largest absolute Gasteiger partial charge is 0.467 e. The molecule has 1 aromatic carbocycles. The summed E-state index contributed by atoms with van der Waals surface area (Å²) in [5, 5.41) is 3.28.